The number of Topliss-reactive ketones (excluding diaryl/α,β-unsaturated/α-hetero) is 1. The van der Waals surface area contributed by atoms with Crippen molar-refractivity contribution in [2.24, 2.45) is 0 Å². The number of ketones is 1. The number of hydrogen-bond donors (Lipinski definition) is 1. The Hall–Kier alpha value is -4.45. The highest BCUT2D eigenvalue weighted by atomic mass is 16.5. The van der Waals surface area contributed by atoms with Crippen LogP contribution < -0.4 is 9.64 Å². The Balaban J connectivity index is 1.81. The van der Waals surface area contributed by atoms with Crippen molar-refractivity contribution in [2.75, 3.05) is 12.0 Å². The number of aryl methyl sites for hydroxylation is 2. The molecule has 6 nitrogen and oxygen atoms in total. The van der Waals surface area contributed by atoms with Crippen LogP contribution in [0.1, 0.15) is 28.3 Å². The number of hydrogen-bond acceptors (Lipinski definition) is 5. The third-order valence-corrected chi connectivity index (χ3v) is 6.37. The second-order valence-corrected chi connectivity index (χ2v) is 8.61. The van der Waals surface area contributed by atoms with Gasteiger partial charge in [0.2, 0.25) is 0 Å². The van der Waals surface area contributed by atoms with E-state index in [4.69, 9.17) is 4.74 Å². The minimum Gasteiger partial charge on any atom is -0.507 e. The van der Waals surface area contributed by atoms with Crippen LogP contribution >= 0.6 is 0 Å². The largest absolute Gasteiger partial charge is 0.507 e. The first-order chi connectivity index (χ1) is 16.9. The molecule has 0 bridgehead atoms. The highest BCUT2D eigenvalue weighted by Gasteiger charge is 2.47. The lowest BCUT2D eigenvalue weighted by molar-refractivity contribution is -0.132. The molecular formula is C29H24N2O4. The van der Waals surface area contributed by atoms with E-state index in [2.05, 4.69) is 4.98 Å². The molecule has 174 valence electrons. The fourth-order valence-corrected chi connectivity index (χ4v) is 4.91. The molecule has 3 aromatic carbocycles. The maximum atomic E-state index is 13.6. The first kappa shape index (κ1) is 22.3. The zero-order valence-corrected chi connectivity index (χ0v) is 19.6. The molecule has 0 radical (unpaired) electrons. The first-order valence-electron chi connectivity index (χ1n) is 11.3. The van der Waals surface area contributed by atoms with Crippen LogP contribution in [0.3, 0.4) is 0 Å². The molecule has 1 aromatic heterocycles. The number of aromatic nitrogens is 1. The van der Waals surface area contributed by atoms with Gasteiger partial charge < -0.3 is 9.84 Å². The number of carbonyl (C=O) groups is 2. The van der Waals surface area contributed by atoms with Crippen LogP contribution in [0.4, 0.5) is 5.69 Å². The molecule has 5 rings (SSSR count). The van der Waals surface area contributed by atoms with Crippen LogP contribution in [-0.2, 0) is 9.59 Å². The second kappa shape index (κ2) is 8.72. The maximum Gasteiger partial charge on any atom is 0.300 e. The summed E-state index contributed by atoms with van der Waals surface area (Å²) < 4.78 is 5.57. The lowest BCUT2D eigenvalue weighted by atomic mass is 9.94. The molecule has 1 unspecified atom stereocenters. The van der Waals surface area contributed by atoms with E-state index in [-0.39, 0.29) is 11.3 Å². The molecule has 1 atom stereocenters. The Morgan fingerprint density at radius 3 is 2.43 bits per heavy atom. The Bertz CT molecular complexity index is 1500. The number of rotatable bonds is 4. The fourth-order valence-electron chi connectivity index (χ4n) is 4.91. The van der Waals surface area contributed by atoms with Crippen LogP contribution in [0.5, 0.6) is 5.75 Å². The van der Waals surface area contributed by atoms with Gasteiger partial charge >= 0.3 is 0 Å². The van der Waals surface area contributed by atoms with Crippen molar-refractivity contribution in [2.45, 2.75) is 19.9 Å². The summed E-state index contributed by atoms with van der Waals surface area (Å²) in [5.41, 5.74) is 3.36. The Morgan fingerprint density at radius 1 is 0.971 bits per heavy atom. The van der Waals surface area contributed by atoms with E-state index in [1.807, 2.05) is 62.4 Å². The molecule has 2 heterocycles. The van der Waals surface area contributed by atoms with E-state index in [1.165, 1.54) is 12.0 Å². The highest BCUT2D eigenvalue weighted by molar-refractivity contribution is 6.52. The summed E-state index contributed by atoms with van der Waals surface area (Å²) in [4.78, 5) is 32.6. The number of benzene rings is 3. The molecule has 1 aliphatic rings. The normalized spacial score (nSPS) is 17.2. The predicted molar refractivity (Wildman–Crippen MR) is 135 cm³/mol. The van der Waals surface area contributed by atoms with Gasteiger partial charge in [-0.05, 0) is 60.2 Å². The van der Waals surface area contributed by atoms with Crippen molar-refractivity contribution in [3.8, 4) is 5.75 Å². The molecule has 4 aromatic rings. The van der Waals surface area contributed by atoms with E-state index in [1.54, 1.807) is 30.6 Å². The van der Waals surface area contributed by atoms with Crippen LogP contribution in [0, 0.1) is 13.8 Å². The zero-order chi connectivity index (χ0) is 24.7. The van der Waals surface area contributed by atoms with Gasteiger partial charge in [-0.15, -0.1) is 0 Å². The third kappa shape index (κ3) is 3.64. The predicted octanol–water partition coefficient (Wildman–Crippen LogP) is 5.49. The van der Waals surface area contributed by atoms with Crippen LogP contribution in [-0.4, -0.2) is 28.9 Å². The number of nitrogens with zero attached hydrogens (tertiary/aromatic N) is 2. The van der Waals surface area contributed by atoms with Crippen molar-refractivity contribution in [1.82, 2.24) is 4.98 Å². The molecule has 0 saturated carbocycles. The molecule has 6 heteroatoms. The van der Waals surface area contributed by atoms with Gasteiger partial charge in [0.05, 0.1) is 30.0 Å². The number of amides is 1. The quantitative estimate of drug-likeness (QED) is 0.246. The van der Waals surface area contributed by atoms with Gasteiger partial charge in [0.25, 0.3) is 11.7 Å². The van der Waals surface area contributed by atoms with Crippen molar-refractivity contribution >= 4 is 33.9 Å². The van der Waals surface area contributed by atoms with Gasteiger partial charge in [-0.2, -0.15) is 0 Å². The van der Waals surface area contributed by atoms with Gasteiger partial charge in [0, 0.05) is 17.8 Å². The van der Waals surface area contributed by atoms with Crippen LogP contribution in [0.25, 0.3) is 16.5 Å². The van der Waals surface area contributed by atoms with Gasteiger partial charge in [-0.25, -0.2) is 0 Å². The summed E-state index contributed by atoms with van der Waals surface area (Å²) in [6, 6.07) is 19.7. The fraction of sp³-hybridized carbons (Fsp3) is 0.138. The molecule has 1 N–H and O–H groups in total. The monoisotopic (exact) mass is 464 g/mol. The third-order valence-electron chi connectivity index (χ3n) is 6.37. The number of methoxy groups -OCH3 is 1. The molecule has 1 fully saturated rings. The molecule has 0 aliphatic carbocycles. The summed E-state index contributed by atoms with van der Waals surface area (Å²) in [6.07, 6.45) is 3.21. The van der Waals surface area contributed by atoms with E-state index in [0.717, 1.165) is 21.9 Å². The van der Waals surface area contributed by atoms with Gasteiger partial charge in [0.1, 0.15) is 11.5 Å². The number of aliphatic hydroxyl groups excluding tert-OH is 1. The molecule has 35 heavy (non-hydrogen) atoms. The number of pyridine rings is 1. The van der Waals surface area contributed by atoms with Crippen molar-refractivity contribution in [3.05, 3.63) is 107 Å². The number of anilines is 1. The minimum absolute atomic E-state index is 0.0115. The zero-order valence-electron chi connectivity index (χ0n) is 19.6. The molecular weight excluding hydrogens is 440 g/mol. The molecule has 1 amide bonds. The average molecular weight is 465 g/mol. The lowest BCUT2D eigenvalue weighted by Gasteiger charge is -2.26. The summed E-state index contributed by atoms with van der Waals surface area (Å²) >= 11 is 0. The van der Waals surface area contributed by atoms with E-state index in [0.29, 0.717) is 22.6 Å². The molecule has 0 spiro atoms. The first-order valence-corrected chi connectivity index (χ1v) is 11.3. The maximum absolute atomic E-state index is 13.6. The van der Waals surface area contributed by atoms with Gasteiger partial charge in [0.15, 0.2) is 0 Å². The number of fused-ring (bicyclic) bond motifs is 1. The van der Waals surface area contributed by atoms with E-state index in [9.17, 15) is 14.7 Å². The number of aliphatic hydroxyl groups is 1. The highest BCUT2D eigenvalue weighted by Crippen LogP contribution is 2.45. The smallest absolute Gasteiger partial charge is 0.300 e. The standard InChI is InChI=1S/C29H24N2O4/c1-17-15-18(2)28(35-3)22(16-17)26(32)24-25(20-11-13-30-14-12-20)31(29(34)27(24)33)23-10-6-8-19-7-4-5-9-21(19)23/h4-16,25,32H,1-3H3/b26-24+. The average Bonchev–Trinajstić information content (AvgIpc) is 3.13. The summed E-state index contributed by atoms with van der Waals surface area (Å²) in [5, 5.41) is 13.3. The second-order valence-electron chi connectivity index (χ2n) is 8.61. The van der Waals surface area contributed by atoms with Gasteiger partial charge in [-0.1, -0.05) is 42.5 Å². The van der Waals surface area contributed by atoms with E-state index < -0.39 is 17.7 Å². The van der Waals surface area contributed by atoms with Crippen LogP contribution in [0.2, 0.25) is 0 Å². The summed E-state index contributed by atoms with van der Waals surface area (Å²) in [7, 11) is 1.52. The minimum atomic E-state index is -0.839. The summed E-state index contributed by atoms with van der Waals surface area (Å²) in [6.45, 7) is 3.77. The Morgan fingerprint density at radius 2 is 1.69 bits per heavy atom. The van der Waals surface area contributed by atoms with Gasteiger partial charge in [-0.3, -0.25) is 19.5 Å². The lowest BCUT2D eigenvalue weighted by Crippen LogP contribution is -2.29. The van der Waals surface area contributed by atoms with Crippen LogP contribution in [0.15, 0.2) is 84.7 Å². The van der Waals surface area contributed by atoms with Crippen molar-refractivity contribution < 1.29 is 19.4 Å². The SMILES string of the molecule is COc1c(C)cc(C)cc1/C(O)=C1\C(=O)C(=O)N(c2cccc3ccccc23)C1c1ccncc1. The number of carbonyl (C=O) groups excluding carboxylic acids is 2. The van der Waals surface area contributed by atoms with Crippen molar-refractivity contribution in [3.63, 3.8) is 0 Å². The topological polar surface area (TPSA) is 79.7 Å². The Labute approximate surface area is 203 Å². The number of ether oxygens (including phenoxy) is 1. The van der Waals surface area contributed by atoms with Crippen molar-refractivity contribution in [1.29, 1.82) is 0 Å². The molecule has 1 saturated heterocycles. The Kier molecular flexibility index (Phi) is 5.57. The molecule has 1 aliphatic heterocycles. The van der Waals surface area contributed by atoms with E-state index >= 15 is 0 Å². The summed E-state index contributed by atoms with van der Waals surface area (Å²) in [5.74, 6) is -1.26.